The van der Waals surface area contributed by atoms with Crippen molar-refractivity contribution in [2.45, 2.75) is 13.8 Å². The van der Waals surface area contributed by atoms with Gasteiger partial charge in [0.05, 0.1) is 11.1 Å². The molecule has 0 fully saturated rings. The van der Waals surface area contributed by atoms with Crippen molar-refractivity contribution in [1.29, 1.82) is 0 Å². The van der Waals surface area contributed by atoms with Crippen molar-refractivity contribution in [2.75, 3.05) is 17.2 Å². The zero-order valence-electron chi connectivity index (χ0n) is 12.6. The van der Waals surface area contributed by atoms with Crippen molar-refractivity contribution < 1.29 is 18.7 Å². The Morgan fingerprint density at radius 2 is 2.09 bits per heavy atom. The van der Waals surface area contributed by atoms with Gasteiger partial charge in [0.1, 0.15) is 12.4 Å². The molecule has 1 aliphatic rings. The van der Waals surface area contributed by atoms with Crippen LogP contribution in [-0.4, -0.2) is 18.4 Å². The lowest BCUT2D eigenvalue weighted by Crippen LogP contribution is -2.33. The summed E-state index contributed by atoms with van der Waals surface area (Å²) in [5, 5.41) is 5.54. The highest BCUT2D eigenvalue weighted by Crippen LogP contribution is 2.34. The number of carbonyl (C=O) groups is 2. The lowest BCUT2D eigenvalue weighted by Gasteiger charge is -2.18. The molecular formula is C16H15BrN2O4. The normalized spacial score (nSPS) is 15.9. The predicted octanol–water partition coefficient (Wildman–Crippen LogP) is 3.65. The van der Waals surface area contributed by atoms with Gasteiger partial charge in [-0.1, -0.05) is 0 Å². The van der Waals surface area contributed by atoms with Crippen LogP contribution in [0.5, 0.6) is 5.75 Å². The Bertz CT molecular complexity index is 782. The zero-order chi connectivity index (χ0) is 16.6. The van der Waals surface area contributed by atoms with E-state index in [4.69, 9.17) is 9.15 Å². The first kappa shape index (κ1) is 15.6. The molecule has 0 aliphatic carbocycles. The summed E-state index contributed by atoms with van der Waals surface area (Å²) in [6, 6.07) is 8.28. The molecule has 120 valence electrons. The monoisotopic (exact) mass is 378 g/mol. The Labute approximate surface area is 141 Å². The molecule has 2 amide bonds. The zero-order valence-corrected chi connectivity index (χ0v) is 14.2. The first-order valence-corrected chi connectivity index (χ1v) is 7.79. The van der Waals surface area contributed by atoms with Crippen LogP contribution in [0.25, 0.3) is 0 Å². The second-order valence-corrected chi connectivity index (χ2v) is 6.68. The second-order valence-electron chi connectivity index (χ2n) is 5.90. The number of hydrogen-bond acceptors (Lipinski definition) is 4. The Morgan fingerprint density at radius 1 is 1.30 bits per heavy atom. The van der Waals surface area contributed by atoms with Crippen molar-refractivity contribution in [3.8, 4) is 5.75 Å². The van der Waals surface area contributed by atoms with E-state index in [0.29, 0.717) is 21.8 Å². The Hall–Kier alpha value is -2.28. The van der Waals surface area contributed by atoms with Gasteiger partial charge in [0.25, 0.3) is 5.91 Å². The average Bonchev–Trinajstić information content (AvgIpc) is 2.88. The summed E-state index contributed by atoms with van der Waals surface area (Å²) in [5.41, 5.74) is 0.437. The third kappa shape index (κ3) is 3.24. The van der Waals surface area contributed by atoms with Crippen molar-refractivity contribution in [1.82, 2.24) is 0 Å². The van der Waals surface area contributed by atoms with Crippen molar-refractivity contribution in [3.63, 3.8) is 0 Å². The van der Waals surface area contributed by atoms with Gasteiger partial charge >= 0.3 is 0 Å². The number of halogens is 1. The summed E-state index contributed by atoms with van der Waals surface area (Å²) >= 11 is 3.15. The SMILES string of the molecule is CC1(C)COc2ccc(NC(=O)c3ccc(Br)o3)cc2NC1=O. The molecule has 2 heterocycles. The fourth-order valence-electron chi connectivity index (χ4n) is 2.08. The van der Waals surface area contributed by atoms with Gasteiger partial charge in [0.2, 0.25) is 5.91 Å². The molecule has 2 aromatic rings. The van der Waals surface area contributed by atoms with Gasteiger partial charge in [-0.25, -0.2) is 0 Å². The van der Waals surface area contributed by atoms with E-state index in [1.165, 1.54) is 0 Å². The van der Waals surface area contributed by atoms with E-state index in [1.807, 2.05) is 13.8 Å². The van der Waals surface area contributed by atoms with Crippen molar-refractivity contribution in [3.05, 3.63) is 40.8 Å². The van der Waals surface area contributed by atoms with Crippen molar-refractivity contribution >= 4 is 39.1 Å². The molecule has 23 heavy (non-hydrogen) atoms. The molecule has 3 rings (SSSR count). The van der Waals surface area contributed by atoms with Crippen molar-refractivity contribution in [2.24, 2.45) is 5.41 Å². The number of anilines is 2. The lowest BCUT2D eigenvalue weighted by molar-refractivity contribution is -0.124. The van der Waals surface area contributed by atoms with Gasteiger partial charge in [0, 0.05) is 5.69 Å². The summed E-state index contributed by atoms with van der Waals surface area (Å²) in [6.45, 7) is 3.91. The lowest BCUT2D eigenvalue weighted by atomic mass is 9.94. The van der Waals surface area contributed by atoms with Crippen LogP contribution in [0.1, 0.15) is 24.4 Å². The van der Waals surface area contributed by atoms with E-state index < -0.39 is 5.41 Å². The first-order valence-electron chi connectivity index (χ1n) is 7.00. The standard InChI is InChI=1S/C16H15BrN2O4/c1-16(2)8-22-11-4-3-9(7-10(11)19-15(16)21)18-14(20)12-5-6-13(17)23-12/h3-7H,8H2,1-2H3,(H,18,20)(H,19,21). The molecule has 0 unspecified atom stereocenters. The van der Waals surface area contributed by atoms with Gasteiger partial charge in [0.15, 0.2) is 10.4 Å². The van der Waals surface area contributed by atoms with E-state index in [0.717, 1.165) is 0 Å². The molecule has 2 N–H and O–H groups in total. The van der Waals surface area contributed by atoms with Gasteiger partial charge < -0.3 is 19.8 Å². The molecule has 0 saturated heterocycles. The number of carbonyl (C=O) groups excluding carboxylic acids is 2. The van der Waals surface area contributed by atoms with Gasteiger partial charge in [-0.3, -0.25) is 9.59 Å². The molecule has 0 spiro atoms. The molecule has 1 aromatic carbocycles. The van der Waals surface area contributed by atoms with Gasteiger partial charge in [-0.05, 0) is 60.1 Å². The Kier molecular flexibility index (Phi) is 3.89. The van der Waals surface area contributed by atoms with E-state index in [1.54, 1.807) is 30.3 Å². The van der Waals surface area contributed by atoms with Crippen LogP contribution >= 0.6 is 15.9 Å². The minimum Gasteiger partial charge on any atom is -0.490 e. The molecule has 1 aliphatic heterocycles. The topological polar surface area (TPSA) is 80.6 Å². The van der Waals surface area contributed by atoms with Crippen LogP contribution < -0.4 is 15.4 Å². The quantitative estimate of drug-likeness (QED) is 0.835. The summed E-state index contributed by atoms with van der Waals surface area (Å²) in [6.07, 6.45) is 0. The molecule has 0 saturated carbocycles. The molecule has 6 nitrogen and oxygen atoms in total. The van der Waals surface area contributed by atoms with Crippen LogP contribution in [0, 0.1) is 5.41 Å². The van der Waals surface area contributed by atoms with Crippen LogP contribution in [-0.2, 0) is 4.79 Å². The van der Waals surface area contributed by atoms with Crippen LogP contribution in [0.4, 0.5) is 11.4 Å². The van der Waals surface area contributed by atoms with Crippen LogP contribution in [0.15, 0.2) is 39.4 Å². The summed E-state index contributed by atoms with van der Waals surface area (Å²) in [4.78, 5) is 24.2. The number of amides is 2. The molecule has 1 aromatic heterocycles. The van der Waals surface area contributed by atoms with E-state index in [2.05, 4.69) is 26.6 Å². The smallest absolute Gasteiger partial charge is 0.291 e. The highest BCUT2D eigenvalue weighted by molar-refractivity contribution is 9.10. The fourth-order valence-corrected chi connectivity index (χ4v) is 2.38. The Balaban J connectivity index is 1.81. The maximum absolute atomic E-state index is 12.2. The van der Waals surface area contributed by atoms with E-state index in [-0.39, 0.29) is 24.2 Å². The molecule has 0 atom stereocenters. The summed E-state index contributed by atoms with van der Waals surface area (Å²) in [7, 11) is 0. The van der Waals surface area contributed by atoms with Gasteiger partial charge in [-0.2, -0.15) is 0 Å². The number of furan rings is 1. The summed E-state index contributed by atoms with van der Waals surface area (Å²) in [5.74, 6) is 0.252. The van der Waals surface area contributed by atoms with Gasteiger partial charge in [-0.15, -0.1) is 0 Å². The number of ether oxygens (including phenoxy) is 1. The maximum atomic E-state index is 12.2. The van der Waals surface area contributed by atoms with Crippen LogP contribution in [0.2, 0.25) is 0 Å². The number of nitrogens with one attached hydrogen (secondary N) is 2. The number of fused-ring (bicyclic) bond motifs is 1. The average molecular weight is 379 g/mol. The maximum Gasteiger partial charge on any atom is 0.291 e. The largest absolute Gasteiger partial charge is 0.490 e. The van der Waals surface area contributed by atoms with E-state index >= 15 is 0 Å². The van der Waals surface area contributed by atoms with Crippen LogP contribution in [0.3, 0.4) is 0 Å². The third-order valence-corrected chi connectivity index (χ3v) is 3.91. The molecule has 0 bridgehead atoms. The molecule has 0 radical (unpaired) electrons. The Morgan fingerprint density at radius 3 is 2.78 bits per heavy atom. The first-order chi connectivity index (χ1) is 10.8. The highest BCUT2D eigenvalue weighted by atomic mass is 79.9. The third-order valence-electron chi connectivity index (χ3n) is 3.49. The van der Waals surface area contributed by atoms with E-state index in [9.17, 15) is 9.59 Å². The highest BCUT2D eigenvalue weighted by Gasteiger charge is 2.32. The molecular weight excluding hydrogens is 364 g/mol. The minimum atomic E-state index is -0.622. The summed E-state index contributed by atoms with van der Waals surface area (Å²) < 4.78 is 11.3. The minimum absolute atomic E-state index is 0.130. The number of rotatable bonds is 2. The predicted molar refractivity (Wildman–Crippen MR) is 88.7 cm³/mol. The fraction of sp³-hybridized carbons (Fsp3) is 0.250. The second kappa shape index (κ2) is 5.73. The number of benzene rings is 1. The molecule has 7 heteroatoms. The number of hydrogen-bond donors (Lipinski definition) is 2.